The van der Waals surface area contributed by atoms with Crippen LogP contribution in [0.25, 0.3) is 0 Å². The lowest BCUT2D eigenvalue weighted by molar-refractivity contribution is 1.31. The van der Waals surface area contributed by atoms with Gasteiger partial charge in [0.1, 0.15) is 0 Å². The van der Waals surface area contributed by atoms with Crippen molar-refractivity contribution in [1.29, 1.82) is 5.26 Å². The van der Waals surface area contributed by atoms with E-state index in [9.17, 15) is 0 Å². The van der Waals surface area contributed by atoms with Crippen molar-refractivity contribution < 1.29 is 0 Å². The van der Waals surface area contributed by atoms with Crippen LogP contribution in [0.4, 0.5) is 5.69 Å². The summed E-state index contributed by atoms with van der Waals surface area (Å²) >= 11 is 1.58. The fourth-order valence-electron chi connectivity index (χ4n) is 0.865. The number of anilines is 1. The van der Waals surface area contributed by atoms with E-state index >= 15 is 0 Å². The van der Waals surface area contributed by atoms with Crippen molar-refractivity contribution in [3.63, 3.8) is 0 Å². The number of hydrogen-bond acceptors (Lipinski definition) is 4. The number of nitrogens with zero attached hydrogens (tertiary/aromatic N) is 1. The van der Waals surface area contributed by atoms with Gasteiger partial charge in [-0.3, -0.25) is 5.84 Å². The van der Waals surface area contributed by atoms with Crippen LogP contribution in [0.5, 0.6) is 0 Å². The lowest BCUT2D eigenvalue weighted by Crippen LogP contribution is -2.06. The van der Waals surface area contributed by atoms with Gasteiger partial charge < -0.3 is 5.43 Å². The molecule has 0 saturated carbocycles. The zero-order valence-electron chi connectivity index (χ0n) is 6.66. The average molecular weight is 179 g/mol. The SMILES string of the molecule is CSc1cc(C#N)cc(NN)c1. The first-order valence-corrected chi connectivity index (χ1v) is 4.58. The molecular formula is C8H9N3S. The minimum atomic E-state index is 0.620. The van der Waals surface area contributed by atoms with Crippen LogP contribution in [-0.4, -0.2) is 6.26 Å². The maximum absolute atomic E-state index is 8.65. The molecule has 0 amide bonds. The molecule has 62 valence electrons. The third-order valence-electron chi connectivity index (χ3n) is 1.44. The van der Waals surface area contributed by atoms with Crippen molar-refractivity contribution in [2.75, 3.05) is 11.7 Å². The highest BCUT2D eigenvalue weighted by Gasteiger charge is 1.97. The standard InChI is InChI=1S/C8H9N3S/c1-12-8-3-6(5-9)2-7(4-8)11-10/h2-4,11H,10H2,1H3. The first-order chi connectivity index (χ1) is 5.80. The third kappa shape index (κ3) is 1.91. The van der Waals surface area contributed by atoms with Gasteiger partial charge >= 0.3 is 0 Å². The quantitative estimate of drug-likeness (QED) is 0.411. The number of nitrogens with one attached hydrogen (secondary N) is 1. The van der Waals surface area contributed by atoms with Gasteiger partial charge in [0.05, 0.1) is 17.3 Å². The molecule has 0 fully saturated rings. The summed E-state index contributed by atoms with van der Waals surface area (Å²) in [6.07, 6.45) is 1.96. The van der Waals surface area contributed by atoms with E-state index in [2.05, 4.69) is 11.5 Å². The summed E-state index contributed by atoms with van der Waals surface area (Å²) in [5.41, 5.74) is 3.89. The highest BCUT2D eigenvalue weighted by molar-refractivity contribution is 7.98. The van der Waals surface area contributed by atoms with Crippen LogP contribution in [0.15, 0.2) is 23.1 Å². The minimum Gasteiger partial charge on any atom is -0.324 e. The minimum absolute atomic E-state index is 0.620. The van der Waals surface area contributed by atoms with Crippen LogP contribution in [0.2, 0.25) is 0 Å². The van der Waals surface area contributed by atoms with Crippen LogP contribution < -0.4 is 11.3 Å². The second-order valence-corrected chi connectivity index (χ2v) is 3.09. The molecule has 0 aromatic heterocycles. The fourth-order valence-corrected chi connectivity index (χ4v) is 1.35. The maximum atomic E-state index is 8.65. The van der Waals surface area contributed by atoms with Crippen molar-refractivity contribution in [2.45, 2.75) is 4.90 Å². The summed E-state index contributed by atoms with van der Waals surface area (Å²) in [6, 6.07) is 7.49. The number of rotatable bonds is 2. The Morgan fingerprint density at radius 3 is 2.75 bits per heavy atom. The highest BCUT2D eigenvalue weighted by atomic mass is 32.2. The average Bonchev–Trinajstić information content (AvgIpc) is 2.16. The van der Waals surface area contributed by atoms with E-state index < -0.39 is 0 Å². The molecule has 3 N–H and O–H groups in total. The number of hydrazine groups is 1. The number of nitriles is 1. The number of thioether (sulfide) groups is 1. The Kier molecular flexibility index (Phi) is 2.97. The summed E-state index contributed by atoms with van der Waals surface area (Å²) in [4.78, 5) is 1.03. The summed E-state index contributed by atoms with van der Waals surface area (Å²) < 4.78 is 0. The number of benzene rings is 1. The van der Waals surface area contributed by atoms with Crippen molar-refractivity contribution in [2.24, 2.45) is 5.84 Å². The molecule has 0 bridgehead atoms. The van der Waals surface area contributed by atoms with E-state index in [1.54, 1.807) is 17.8 Å². The van der Waals surface area contributed by atoms with Gasteiger partial charge in [-0.25, -0.2) is 0 Å². The molecule has 12 heavy (non-hydrogen) atoms. The monoisotopic (exact) mass is 179 g/mol. The predicted octanol–water partition coefficient (Wildman–Crippen LogP) is 1.57. The molecule has 0 radical (unpaired) electrons. The van der Waals surface area contributed by atoms with Crippen molar-refractivity contribution in [3.8, 4) is 6.07 Å². The first-order valence-electron chi connectivity index (χ1n) is 3.36. The lowest BCUT2D eigenvalue weighted by atomic mass is 10.2. The van der Waals surface area contributed by atoms with Gasteiger partial charge in [0.15, 0.2) is 0 Å². The zero-order chi connectivity index (χ0) is 8.97. The highest BCUT2D eigenvalue weighted by Crippen LogP contribution is 2.20. The van der Waals surface area contributed by atoms with E-state index in [1.807, 2.05) is 18.4 Å². The van der Waals surface area contributed by atoms with Gasteiger partial charge in [-0.15, -0.1) is 11.8 Å². The molecule has 0 heterocycles. The molecule has 1 aromatic rings. The predicted molar refractivity (Wildman–Crippen MR) is 50.7 cm³/mol. The van der Waals surface area contributed by atoms with E-state index in [4.69, 9.17) is 11.1 Å². The zero-order valence-corrected chi connectivity index (χ0v) is 7.48. The molecule has 3 nitrogen and oxygen atoms in total. The summed E-state index contributed by atoms with van der Waals surface area (Å²) in [6.45, 7) is 0. The Morgan fingerprint density at radius 1 is 1.50 bits per heavy atom. The Hall–Kier alpha value is -1.18. The lowest BCUT2D eigenvalue weighted by Gasteiger charge is -2.02. The van der Waals surface area contributed by atoms with E-state index in [1.165, 1.54) is 0 Å². The van der Waals surface area contributed by atoms with Crippen molar-refractivity contribution in [3.05, 3.63) is 23.8 Å². The number of nitrogens with two attached hydrogens (primary N) is 1. The van der Waals surface area contributed by atoms with Gasteiger partial charge in [-0.2, -0.15) is 5.26 Å². The molecule has 0 unspecified atom stereocenters. The first kappa shape index (κ1) is 8.91. The molecule has 0 aliphatic heterocycles. The molecule has 1 aromatic carbocycles. The number of hydrogen-bond donors (Lipinski definition) is 2. The smallest absolute Gasteiger partial charge is 0.0992 e. The van der Waals surface area contributed by atoms with Crippen LogP contribution in [-0.2, 0) is 0 Å². The maximum Gasteiger partial charge on any atom is 0.0992 e. The molecule has 4 heteroatoms. The van der Waals surface area contributed by atoms with Crippen LogP contribution in [0.1, 0.15) is 5.56 Å². The Morgan fingerprint density at radius 2 is 2.25 bits per heavy atom. The van der Waals surface area contributed by atoms with Crippen LogP contribution in [0, 0.1) is 11.3 Å². The normalized spacial score (nSPS) is 9.08. The Labute approximate surface area is 75.5 Å². The van der Waals surface area contributed by atoms with Crippen molar-refractivity contribution >= 4 is 17.4 Å². The number of nitrogen functional groups attached to an aromatic ring is 1. The van der Waals surface area contributed by atoms with E-state index in [0.29, 0.717) is 5.56 Å². The molecular weight excluding hydrogens is 170 g/mol. The van der Waals surface area contributed by atoms with E-state index in [0.717, 1.165) is 10.6 Å². The second kappa shape index (κ2) is 4.00. The van der Waals surface area contributed by atoms with Gasteiger partial charge in [-0.1, -0.05) is 0 Å². The molecule has 0 atom stereocenters. The molecule has 0 aliphatic carbocycles. The van der Waals surface area contributed by atoms with E-state index in [-0.39, 0.29) is 0 Å². The van der Waals surface area contributed by atoms with Gasteiger partial charge in [0, 0.05) is 4.90 Å². The van der Waals surface area contributed by atoms with Gasteiger partial charge in [0.2, 0.25) is 0 Å². The summed E-state index contributed by atoms with van der Waals surface area (Å²) in [5.74, 6) is 5.23. The summed E-state index contributed by atoms with van der Waals surface area (Å²) in [7, 11) is 0. The molecule has 1 rings (SSSR count). The van der Waals surface area contributed by atoms with Crippen LogP contribution in [0.3, 0.4) is 0 Å². The van der Waals surface area contributed by atoms with Crippen molar-refractivity contribution in [1.82, 2.24) is 0 Å². The topological polar surface area (TPSA) is 61.8 Å². The molecule has 0 spiro atoms. The Bertz CT molecular complexity index is 294. The molecule has 0 saturated heterocycles. The van der Waals surface area contributed by atoms with Crippen LogP contribution >= 0.6 is 11.8 Å². The molecule has 0 aliphatic rings. The van der Waals surface area contributed by atoms with Gasteiger partial charge in [0.25, 0.3) is 0 Å². The Balaban J connectivity index is 3.12. The summed E-state index contributed by atoms with van der Waals surface area (Å²) in [5, 5.41) is 8.65. The third-order valence-corrected chi connectivity index (χ3v) is 2.15. The second-order valence-electron chi connectivity index (χ2n) is 2.21. The fraction of sp³-hybridized carbons (Fsp3) is 0.125. The van der Waals surface area contributed by atoms with Gasteiger partial charge in [-0.05, 0) is 24.5 Å². The largest absolute Gasteiger partial charge is 0.324 e.